The first-order valence-electron chi connectivity index (χ1n) is 11.2. The molecule has 0 aromatic heterocycles. The van der Waals surface area contributed by atoms with Gasteiger partial charge in [0, 0.05) is 29.6 Å². The van der Waals surface area contributed by atoms with Crippen LogP contribution in [0.25, 0.3) is 0 Å². The molecule has 0 radical (unpaired) electrons. The van der Waals surface area contributed by atoms with Crippen molar-refractivity contribution in [1.29, 1.82) is 0 Å². The minimum Gasteiger partial charge on any atom is -0.492 e. The van der Waals surface area contributed by atoms with Gasteiger partial charge in [0.25, 0.3) is 0 Å². The lowest BCUT2D eigenvalue weighted by Crippen LogP contribution is -2.51. The number of rotatable bonds is 10. The number of sulfonamides is 1. The number of piperidine rings is 1. The highest BCUT2D eigenvalue weighted by Crippen LogP contribution is 2.38. The number of nitrogen functional groups attached to an aromatic ring is 1. The minimum atomic E-state index is -3.12. The monoisotopic (exact) mass is 523 g/mol. The van der Waals surface area contributed by atoms with Crippen LogP contribution in [0.15, 0.2) is 59.0 Å². The molecule has 10 heteroatoms. The molecule has 34 heavy (non-hydrogen) atoms. The highest BCUT2D eigenvalue weighted by Gasteiger charge is 2.44. The first-order chi connectivity index (χ1) is 16.2. The average Bonchev–Trinajstić information content (AvgIpc) is 3.07. The maximum Gasteiger partial charge on any atom is 0.211 e. The van der Waals surface area contributed by atoms with Crippen LogP contribution in [-0.2, 0) is 10.0 Å². The number of ether oxygens (including phenoxy) is 2. The third-order valence-corrected chi connectivity index (χ3v) is 8.72. The highest BCUT2D eigenvalue weighted by molar-refractivity contribution is 8.03. The first-order valence-corrected chi connectivity index (χ1v) is 14.3. The van der Waals surface area contributed by atoms with E-state index in [2.05, 4.69) is 11.9 Å². The zero-order valence-electron chi connectivity index (χ0n) is 19.1. The van der Waals surface area contributed by atoms with Crippen molar-refractivity contribution in [3.05, 3.63) is 59.2 Å². The van der Waals surface area contributed by atoms with Gasteiger partial charge in [-0.25, -0.2) is 8.42 Å². The fraction of sp³-hybridized carbons (Fsp3) is 0.417. The van der Waals surface area contributed by atoms with Gasteiger partial charge in [-0.05, 0) is 68.7 Å². The molecule has 0 aliphatic carbocycles. The predicted molar refractivity (Wildman–Crippen MR) is 138 cm³/mol. The molecule has 2 aromatic carbocycles. The summed E-state index contributed by atoms with van der Waals surface area (Å²) >= 11 is 7.38. The second-order valence-corrected chi connectivity index (χ2v) is 12.0. The number of hydrogen-bond donors (Lipinski definition) is 2. The number of anilines is 1. The van der Waals surface area contributed by atoms with Crippen molar-refractivity contribution in [1.82, 2.24) is 9.62 Å². The number of para-hydroxylation sites is 1. The molecule has 2 aromatic rings. The van der Waals surface area contributed by atoms with Crippen molar-refractivity contribution in [2.24, 2.45) is 0 Å². The summed E-state index contributed by atoms with van der Waals surface area (Å²) in [5.74, 6) is 1.40. The van der Waals surface area contributed by atoms with Crippen LogP contribution in [0.3, 0.4) is 0 Å². The molecule has 3 atom stereocenters. The Bertz CT molecular complexity index is 1110. The Morgan fingerprint density at radius 3 is 2.47 bits per heavy atom. The Labute approximate surface area is 210 Å². The average molecular weight is 524 g/mol. The Morgan fingerprint density at radius 1 is 1.18 bits per heavy atom. The third-order valence-electron chi connectivity index (χ3n) is 6.14. The molecule has 2 aliphatic heterocycles. The SMILES string of the molecule is C=C(Oc1ccc(OCCNC2C[C@H]3CC[C@@H](C2)N3S(C)(=O)=O)cc1)Sc1cccc(Cl)c1N. The number of halogens is 1. The van der Waals surface area contributed by atoms with E-state index in [-0.39, 0.29) is 12.1 Å². The Hall–Kier alpha value is -1.91. The summed E-state index contributed by atoms with van der Waals surface area (Å²) in [6.07, 6.45) is 4.95. The molecular weight excluding hydrogens is 494 g/mol. The van der Waals surface area contributed by atoms with Gasteiger partial charge in [-0.15, -0.1) is 0 Å². The Kier molecular flexibility index (Phi) is 7.99. The molecule has 2 bridgehead atoms. The summed E-state index contributed by atoms with van der Waals surface area (Å²) < 4.78 is 37.4. The molecule has 184 valence electrons. The molecule has 2 heterocycles. The summed E-state index contributed by atoms with van der Waals surface area (Å²) in [6, 6.07) is 13.4. The van der Waals surface area contributed by atoms with E-state index in [9.17, 15) is 8.42 Å². The third kappa shape index (κ3) is 6.20. The van der Waals surface area contributed by atoms with E-state index in [1.807, 2.05) is 36.4 Å². The summed E-state index contributed by atoms with van der Waals surface area (Å²) in [5, 5.41) is 4.52. The van der Waals surface area contributed by atoms with E-state index >= 15 is 0 Å². The fourth-order valence-electron chi connectivity index (χ4n) is 4.76. The van der Waals surface area contributed by atoms with Crippen molar-refractivity contribution in [2.75, 3.05) is 25.1 Å². The molecule has 2 aliphatic rings. The number of nitrogens with one attached hydrogen (secondary N) is 1. The molecule has 2 saturated heterocycles. The predicted octanol–water partition coefficient (Wildman–Crippen LogP) is 4.49. The van der Waals surface area contributed by atoms with Gasteiger partial charge in [0.2, 0.25) is 10.0 Å². The molecule has 0 spiro atoms. The number of fused-ring (bicyclic) bond motifs is 2. The second kappa shape index (κ2) is 10.8. The number of nitrogens with two attached hydrogens (primary N) is 1. The van der Waals surface area contributed by atoms with Gasteiger partial charge < -0.3 is 20.5 Å². The maximum absolute atomic E-state index is 12.0. The molecule has 4 rings (SSSR count). The highest BCUT2D eigenvalue weighted by atomic mass is 35.5. The summed E-state index contributed by atoms with van der Waals surface area (Å²) in [7, 11) is -3.12. The van der Waals surface area contributed by atoms with Crippen LogP contribution < -0.4 is 20.5 Å². The first kappa shape index (κ1) is 25.2. The van der Waals surface area contributed by atoms with Crippen LogP contribution in [0, 0.1) is 0 Å². The van der Waals surface area contributed by atoms with Crippen LogP contribution in [0.4, 0.5) is 5.69 Å². The molecule has 2 fully saturated rings. The Balaban J connectivity index is 1.18. The smallest absolute Gasteiger partial charge is 0.211 e. The van der Waals surface area contributed by atoms with E-state index in [4.69, 9.17) is 26.8 Å². The molecule has 3 N–H and O–H groups in total. The van der Waals surface area contributed by atoms with Gasteiger partial charge in [0.15, 0.2) is 5.09 Å². The van der Waals surface area contributed by atoms with E-state index in [1.165, 1.54) is 18.0 Å². The molecule has 1 unspecified atom stereocenters. The van der Waals surface area contributed by atoms with Crippen LogP contribution in [0.5, 0.6) is 11.5 Å². The van der Waals surface area contributed by atoms with Crippen molar-refractivity contribution in [3.8, 4) is 11.5 Å². The number of hydrogen-bond acceptors (Lipinski definition) is 7. The topological polar surface area (TPSA) is 93.9 Å². The van der Waals surface area contributed by atoms with E-state index in [1.54, 1.807) is 10.4 Å². The van der Waals surface area contributed by atoms with Crippen molar-refractivity contribution < 1.29 is 17.9 Å². The standard InChI is InChI=1S/C24H30ClN3O4S2/c1-16(33-23-5-3-4-22(25)24(23)26)32-21-10-8-20(9-11-21)31-13-12-27-17-14-18-6-7-19(15-17)28(18)34(2,29)30/h3-5,8-11,17-19,27H,1,6-7,12-15,26H2,2H3/t17?,18-,19+. The molecule has 0 amide bonds. The van der Waals surface area contributed by atoms with Gasteiger partial charge in [-0.1, -0.05) is 29.4 Å². The number of thioether (sulfide) groups is 1. The second-order valence-electron chi connectivity index (χ2n) is 8.65. The lowest BCUT2D eigenvalue weighted by atomic mass is 10.00. The van der Waals surface area contributed by atoms with Gasteiger partial charge in [0.05, 0.1) is 17.0 Å². The van der Waals surface area contributed by atoms with Crippen molar-refractivity contribution >= 4 is 39.1 Å². The van der Waals surface area contributed by atoms with E-state index in [0.717, 1.165) is 36.3 Å². The zero-order chi connectivity index (χ0) is 24.3. The van der Waals surface area contributed by atoms with Crippen LogP contribution in [0.1, 0.15) is 25.7 Å². The van der Waals surface area contributed by atoms with Crippen LogP contribution in [-0.4, -0.2) is 50.3 Å². The lowest BCUT2D eigenvalue weighted by molar-refractivity contribution is 0.201. The minimum absolute atomic E-state index is 0.128. The normalized spacial score (nSPS) is 22.5. The fourth-order valence-corrected chi connectivity index (χ4v) is 7.21. The van der Waals surface area contributed by atoms with Gasteiger partial charge in [-0.3, -0.25) is 0 Å². The quantitative estimate of drug-likeness (QED) is 0.205. The van der Waals surface area contributed by atoms with Crippen LogP contribution >= 0.6 is 23.4 Å². The largest absolute Gasteiger partial charge is 0.492 e. The number of nitrogens with zero attached hydrogens (tertiary/aromatic N) is 1. The Morgan fingerprint density at radius 2 is 1.82 bits per heavy atom. The molecular formula is C24H30ClN3O4S2. The van der Waals surface area contributed by atoms with Gasteiger partial charge >= 0.3 is 0 Å². The van der Waals surface area contributed by atoms with Crippen molar-refractivity contribution in [3.63, 3.8) is 0 Å². The van der Waals surface area contributed by atoms with E-state index < -0.39 is 10.0 Å². The molecule has 0 saturated carbocycles. The van der Waals surface area contributed by atoms with Gasteiger partial charge in [-0.2, -0.15) is 4.31 Å². The molecule has 7 nitrogen and oxygen atoms in total. The van der Waals surface area contributed by atoms with Crippen LogP contribution in [0.2, 0.25) is 5.02 Å². The van der Waals surface area contributed by atoms with E-state index in [0.29, 0.717) is 40.7 Å². The maximum atomic E-state index is 12.0. The summed E-state index contributed by atoms with van der Waals surface area (Å²) in [4.78, 5) is 0.792. The summed E-state index contributed by atoms with van der Waals surface area (Å²) in [5.41, 5.74) is 6.50. The zero-order valence-corrected chi connectivity index (χ0v) is 21.5. The summed E-state index contributed by atoms with van der Waals surface area (Å²) in [6.45, 7) is 5.17. The number of benzene rings is 2. The lowest BCUT2D eigenvalue weighted by Gasteiger charge is -2.37. The van der Waals surface area contributed by atoms with Gasteiger partial charge in [0.1, 0.15) is 18.1 Å². The van der Waals surface area contributed by atoms with Crippen molar-refractivity contribution in [2.45, 2.75) is 48.7 Å².